The molecule has 8 nitrogen and oxygen atoms in total. The van der Waals surface area contributed by atoms with Crippen molar-refractivity contribution < 1.29 is 20.1 Å². The fourth-order valence-corrected chi connectivity index (χ4v) is 5.83. The van der Waals surface area contributed by atoms with Gasteiger partial charge in [-0.15, -0.1) is 0 Å². The molecule has 3 heterocycles. The third-order valence-corrected chi connectivity index (χ3v) is 7.73. The average Bonchev–Trinajstić information content (AvgIpc) is 3.37. The molecular formula is C24H27ClN4O4S. The van der Waals surface area contributed by atoms with Crippen molar-refractivity contribution in [2.75, 3.05) is 42.5 Å². The number of amides is 1. The Bertz CT molecular complexity index is 1190. The number of carbonyl (C=O) groups excluding carboxylic acids is 1. The van der Waals surface area contributed by atoms with Crippen LogP contribution >= 0.6 is 23.1 Å². The van der Waals surface area contributed by atoms with Gasteiger partial charge >= 0.3 is 0 Å². The fourth-order valence-electron chi connectivity index (χ4n) is 4.78. The molecular weight excluding hydrogens is 476 g/mol. The van der Waals surface area contributed by atoms with Crippen LogP contribution < -0.4 is 9.80 Å². The molecule has 1 atom stereocenters. The van der Waals surface area contributed by atoms with E-state index in [1.807, 2.05) is 12.1 Å². The standard InChI is InChI=1S/C24H27ClN4O4S/c25-18-13-19-16(12-21(30)29(19)22(31)14-23(32)33)11-15(18)5-6-27-7-9-28(10-8-27)24-17-3-1-2-4-20(17)34-26-24/h1-4,11,13,22-23,31-33H,5-10,12,14H2. The van der Waals surface area contributed by atoms with Crippen LogP contribution in [0.2, 0.25) is 5.02 Å². The van der Waals surface area contributed by atoms with Crippen molar-refractivity contribution in [3.05, 3.63) is 52.5 Å². The van der Waals surface area contributed by atoms with E-state index in [4.69, 9.17) is 21.8 Å². The number of benzene rings is 2. The lowest BCUT2D eigenvalue weighted by Gasteiger charge is -2.35. The summed E-state index contributed by atoms with van der Waals surface area (Å²) in [6.07, 6.45) is -2.42. The van der Waals surface area contributed by atoms with E-state index >= 15 is 0 Å². The summed E-state index contributed by atoms with van der Waals surface area (Å²) in [5.41, 5.74) is 2.31. The first-order chi connectivity index (χ1) is 16.4. The van der Waals surface area contributed by atoms with Crippen molar-refractivity contribution in [1.29, 1.82) is 0 Å². The van der Waals surface area contributed by atoms with Crippen LogP contribution in [0.1, 0.15) is 17.5 Å². The van der Waals surface area contributed by atoms with E-state index in [0.29, 0.717) is 10.7 Å². The van der Waals surface area contributed by atoms with Crippen LogP contribution in [0.25, 0.3) is 10.1 Å². The predicted molar refractivity (Wildman–Crippen MR) is 133 cm³/mol. The number of fused-ring (bicyclic) bond motifs is 2. The molecule has 3 N–H and O–H groups in total. The molecule has 0 radical (unpaired) electrons. The lowest BCUT2D eigenvalue weighted by Crippen LogP contribution is -2.47. The minimum atomic E-state index is -1.70. The molecule has 1 aromatic heterocycles. The van der Waals surface area contributed by atoms with Gasteiger partial charge in [-0.1, -0.05) is 29.8 Å². The van der Waals surface area contributed by atoms with Crippen LogP contribution in [0.3, 0.4) is 0 Å². The van der Waals surface area contributed by atoms with Crippen molar-refractivity contribution in [3.8, 4) is 0 Å². The van der Waals surface area contributed by atoms with Crippen LogP contribution in [0.5, 0.6) is 0 Å². The van der Waals surface area contributed by atoms with Gasteiger partial charge in [-0.2, -0.15) is 4.37 Å². The zero-order chi connectivity index (χ0) is 23.8. The first kappa shape index (κ1) is 23.5. The van der Waals surface area contributed by atoms with Gasteiger partial charge in [0.1, 0.15) is 12.0 Å². The molecule has 180 valence electrons. The first-order valence-electron chi connectivity index (χ1n) is 11.4. The number of carbonyl (C=O) groups is 1. The lowest BCUT2D eigenvalue weighted by atomic mass is 10.0. The minimum absolute atomic E-state index is 0.165. The Labute approximate surface area is 206 Å². The van der Waals surface area contributed by atoms with E-state index in [1.165, 1.54) is 15.0 Å². The fraction of sp³-hybridized carbons (Fsp3) is 0.417. The molecule has 0 aliphatic carbocycles. The maximum Gasteiger partial charge on any atom is 0.233 e. The summed E-state index contributed by atoms with van der Waals surface area (Å²) >= 11 is 8.09. The molecule has 2 aliphatic rings. The summed E-state index contributed by atoms with van der Waals surface area (Å²) in [5.74, 6) is 0.800. The Morgan fingerprint density at radius 3 is 2.62 bits per heavy atom. The van der Waals surface area contributed by atoms with Gasteiger partial charge in [-0.3, -0.25) is 14.6 Å². The summed E-state index contributed by atoms with van der Waals surface area (Å²) in [6.45, 7) is 4.58. The van der Waals surface area contributed by atoms with Crippen molar-refractivity contribution in [1.82, 2.24) is 9.27 Å². The molecule has 2 aromatic carbocycles. The molecule has 0 bridgehead atoms. The highest BCUT2D eigenvalue weighted by atomic mass is 35.5. The topological polar surface area (TPSA) is 100 Å². The highest BCUT2D eigenvalue weighted by Gasteiger charge is 2.34. The van der Waals surface area contributed by atoms with Crippen LogP contribution in [0.4, 0.5) is 11.5 Å². The first-order valence-corrected chi connectivity index (χ1v) is 12.5. The van der Waals surface area contributed by atoms with Gasteiger partial charge in [0.2, 0.25) is 5.91 Å². The van der Waals surface area contributed by atoms with Crippen LogP contribution in [-0.2, 0) is 17.6 Å². The van der Waals surface area contributed by atoms with Gasteiger partial charge in [-0.05, 0) is 47.3 Å². The second-order valence-corrected chi connectivity index (χ2v) is 10.0. The lowest BCUT2D eigenvalue weighted by molar-refractivity contribution is -0.120. The largest absolute Gasteiger partial charge is 0.373 e. The summed E-state index contributed by atoms with van der Waals surface area (Å²) < 4.78 is 5.89. The number of halogens is 1. The van der Waals surface area contributed by atoms with Gasteiger partial charge in [0.05, 0.1) is 16.8 Å². The highest BCUT2D eigenvalue weighted by molar-refractivity contribution is 7.13. The molecule has 1 fully saturated rings. The van der Waals surface area contributed by atoms with E-state index < -0.39 is 12.5 Å². The quantitative estimate of drug-likeness (QED) is 0.426. The second kappa shape index (κ2) is 9.77. The molecule has 10 heteroatoms. The van der Waals surface area contributed by atoms with Gasteiger partial charge in [0.15, 0.2) is 6.29 Å². The summed E-state index contributed by atoms with van der Waals surface area (Å²) in [6, 6.07) is 12.0. The van der Waals surface area contributed by atoms with Gasteiger partial charge in [-0.25, -0.2) is 0 Å². The maximum absolute atomic E-state index is 12.4. The molecule has 1 amide bonds. The number of aliphatic hydroxyl groups is 3. The number of anilines is 2. The number of aliphatic hydroxyl groups excluding tert-OH is 2. The van der Waals surface area contributed by atoms with Crippen LogP contribution in [0, 0.1) is 0 Å². The van der Waals surface area contributed by atoms with Gasteiger partial charge in [0.25, 0.3) is 0 Å². The van der Waals surface area contributed by atoms with Gasteiger partial charge < -0.3 is 20.2 Å². The molecule has 2 aliphatic heterocycles. The third-order valence-electron chi connectivity index (χ3n) is 6.56. The molecule has 1 saturated heterocycles. The summed E-state index contributed by atoms with van der Waals surface area (Å²) in [5, 5.41) is 30.3. The van der Waals surface area contributed by atoms with E-state index in [0.717, 1.165) is 56.1 Å². The number of rotatable bonds is 7. The second-order valence-electron chi connectivity index (χ2n) is 8.79. The zero-order valence-electron chi connectivity index (χ0n) is 18.6. The molecule has 3 aromatic rings. The number of hydrogen-bond acceptors (Lipinski definition) is 8. The third kappa shape index (κ3) is 4.64. The van der Waals surface area contributed by atoms with Crippen molar-refractivity contribution in [3.63, 3.8) is 0 Å². The van der Waals surface area contributed by atoms with Crippen molar-refractivity contribution >= 4 is 50.6 Å². The van der Waals surface area contributed by atoms with E-state index in [1.54, 1.807) is 17.6 Å². The minimum Gasteiger partial charge on any atom is -0.373 e. The smallest absolute Gasteiger partial charge is 0.233 e. The number of nitrogens with zero attached hydrogens (tertiary/aromatic N) is 4. The number of hydrogen-bond donors (Lipinski definition) is 3. The SMILES string of the molecule is O=C1Cc2cc(CCN3CCN(c4nsc5ccccc45)CC3)c(Cl)cc2N1C(O)CC(O)O. The highest BCUT2D eigenvalue weighted by Crippen LogP contribution is 2.36. The Balaban J connectivity index is 1.20. The summed E-state index contributed by atoms with van der Waals surface area (Å²) in [4.78, 5) is 18.4. The Kier molecular flexibility index (Phi) is 6.74. The molecule has 34 heavy (non-hydrogen) atoms. The number of aromatic nitrogens is 1. The van der Waals surface area contributed by atoms with E-state index in [-0.39, 0.29) is 18.7 Å². The molecule has 0 spiro atoms. The van der Waals surface area contributed by atoms with Crippen molar-refractivity contribution in [2.24, 2.45) is 0 Å². The normalized spacial score (nSPS) is 17.7. The molecule has 1 unspecified atom stereocenters. The van der Waals surface area contributed by atoms with E-state index in [9.17, 15) is 9.90 Å². The monoisotopic (exact) mass is 502 g/mol. The average molecular weight is 503 g/mol. The van der Waals surface area contributed by atoms with Crippen LogP contribution in [-0.4, -0.2) is 75.7 Å². The van der Waals surface area contributed by atoms with Crippen molar-refractivity contribution in [2.45, 2.75) is 31.8 Å². The number of piperazine rings is 1. The summed E-state index contributed by atoms with van der Waals surface area (Å²) in [7, 11) is 0. The Hall–Kier alpha value is -2.27. The predicted octanol–water partition coefficient (Wildman–Crippen LogP) is 2.22. The Morgan fingerprint density at radius 1 is 1.09 bits per heavy atom. The Morgan fingerprint density at radius 2 is 1.85 bits per heavy atom. The molecule has 0 saturated carbocycles. The van der Waals surface area contributed by atoms with E-state index in [2.05, 4.69) is 32.4 Å². The zero-order valence-corrected chi connectivity index (χ0v) is 20.2. The molecule has 5 rings (SSSR count). The van der Waals surface area contributed by atoms with Gasteiger partial charge in [0, 0.05) is 49.6 Å². The maximum atomic E-state index is 12.4. The van der Waals surface area contributed by atoms with Crippen LogP contribution in [0.15, 0.2) is 36.4 Å².